The Bertz CT molecular complexity index is 356. The van der Waals surface area contributed by atoms with Gasteiger partial charge in [0.15, 0.2) is 0 Å². The number of halogens is 1. The van der Waals surface area contributed by atoms with Gasteiger partial charge in [-0.1, -0.05) is 22.5 Å². The molecular formula is C12H15BrN2. The third-order valence-corrected chi connectivity index (χ3v) is 3.41. The van der Waals surface area contributed by atoms with Crippen LogP contribution in [0.5, 0.6) is 0 Å². The first-order chi connectivity index (χ1) is 7.33. The number of hydrogen-bond acceptors (Lipinski definition) is 2. The fourth-order valence-electron chi connectivity index (χ4n) is 1.93. The van der Waals surface area contributed by atoms with Crippen LogP contribution in [0.15, 0.2) is 24.9 Å². The largest absolute Gasteiger partial charge is 0.356 e. The van der Waals surface area contributed by atoms with Crippen molar-refractivity contribution in [3.63, 3.8) is 0 Å². The maximum atomic E-state index is 4.47. The Kier molecular flexibility index (Phi) is 3.41. The second-order valence-electron chi connectivity index (χ2n) is 3.81. The molecule has 0 atom stereocenters. The maximum Gasteiger partial charge on any atom is 0.136 e. The minimum absolute atomic E-state index is 0.805. The molecule has 1 aromatic heterocycles. The van der Waals surface area contributed by atoms with Crippen LogP contribution >= 0.6 is 15.9 Å². The minimum Gasteiger partial charge on any atom is -0.356 e. The zero-order valence-electron chi connectivity index (χ0n) is 8.75. The fraction of sp³-hybridized carbons (Fsp3) is 0.417. The highest BCUT2D eigenvalue weighted by Crippen LogP contribution is 2.27. The lowest BCUT2D eigenvalue weighted by atomic mass is 10.1. The standard InChI is InChI=1S/C12H15BrN2/c1-10(9-13)11-5-4-6-14-12(11)15-7-2-3-8-15/h4-6H,1-3,7-9H2. The van der Waals surface area contributed by atoms with Crippen LogP contribution in [0.25, 0.3) is 5.57 Å². The van der Waals surface area contributed by atoms with E-state index < -0.39 is 0 Å². The molecule has 1 aromatic rings. The van der Waals surface area contributed by atoms with Gasteiger partial charge in [-0.05, 0) is 30.5 Å². The van der Waals surface area contributed by atoms with E-state index in [2.05, 4.69) is 38.5 Å². The van der Waals surface area contributed by atoms with Crippen LogP contribution in [0.2, 0.25) is 0 Å². The van der Waals surface area contributed by atoms with Crippen LogP contribution in [-0.4, -0.2) is 23.4 Å². The molecule has 0 amide bonds. The van der Waals surface area contributed by atoms with E-state index in [1.165, 1.54) is 18.4 Å². The van der Waals surface area contributed by atoms with E-state index in [9.17, 15) is 0 Å². The molecule has 0 spiro atoms. The zero-order chi connectivity index (χ0) is 10.7. The summed E-state index contributed by atoms with van der Waals surface area (Å²) < 4.78 is 0. The molecule has 1 aliphatic heterocycles. The first-order valence-electron chi connectivity index (χ1n) is 5.27. The fourth-order valence-corrected chi connectivity index (χ4v) is 2.23. The monoisotopic (exact) mass is 266 g/mol. The second kappa shape index (κ2) is 4.79. The van der Waals surface area contributed by atoms with Crippen LogP contribution in [-0.2, 0) is 0 Å². The molecule has 1 saturated heterocycles. The summed E-state index contributed by atoms with van der Waals surface area (Å²) in [6, 6.07) is 4.08. The van der Waals surface area contributed by atoms with Crippen molar-refractivity contribution in [2.24, 2.45) is 0 Å². The van der Waals surface area contributed by atoms with E-state index in [1.807, 2.05) is 12.3 Å². The van der Waals surface area contributed by atoms with Crippen molar-refractivity contribution in [1.29, 1.82) is 0 Å². The van der Waals surface area contributed by atoms with E-state index in [-0.39, 0.29) is 0 Å². The predicted octanol–water partition coefficient (Wildman–Crippen LogP) is 3.09. The average molecular weight is 267 g/mol. The Labute approximate surface area is 99.1 Å². The summed E-state index contributed by atoms with van der Waals surface area (Å²) in [4.78, 5) is 6.82. The normalized spacial score (nSPS) is 15.7. The first kappa shape index (κ1) is 10.7. The van der Waals surface area contributed by atoms with Crippen LogP contribution in [0.4, 0.5) is 5.82 Å². The summed E-state index contributed by atoms with van der Waals surface area (Å²) in [5, 5.41) is 0.805. The molecule has 0 aromatic carbocycles. The predicted molar refractivity (Wildman–Crippen MR) is 68.5 cm³/mol. The SMILES string of the molecule is C=C(CBr)c1cccnc1N1CCCC1. The summed E-state index contributed by atoms with van der Waals surface area (Å²) in [5.74, 6) is 1.10. The topological polar surface area (TPSA) is 16.1 Å². The molecule has 2 heterocycles. The Morgan fingerprint density at radius 3 is 2.87 bits per heavy atom. The average Bonchev–Trinajstić information content (AvgIpc) is 2.81. The number of alkyl halides is 1. The highest BCUT2D eigenvalue weighted by molar-refractivity contribution is 9.09. The van der Waals surface area contributed by atoms with Gasteiger partial charge in [-0.25, -0.2) is 4.98 Å². The Morgan fingerprint density at radius 1 is 1.47 bits per heavy atom. The Morgan fingerprint density at radius 2 is 2.20 bits per heavy atom. The van der Waals surface area contributed by atoms with Gasteiger partial charge in [-0.15, -0.1) is 0 Å². The summed E-state index contributed by atoms with van der Waals surface area (Å²) in [6.07, 6.45) is 4.41. The van der Waals surface area contributed by atoms with Crippen LogP contribution in [0.1, 0.15) is 18.4 Å². The molecule has 0 unspecified atom stereocenters. The van der Waals surface area contributed by atoms with Gasteiger partial charge in [0.05, 0.1) is 0 Å². The van der Waals surface area contributed by atoms with Gasteiger partial charge in [0.2, 0.25) is 0 Å². The molecule has 0 N–H and O–H groups in total. The van der Waals surface area contributed by atoms with Gasteiger partial charge in [0.1, 0.15) is 5.82 Å². The van der Waals surface area contributed by atoms with Gasteiger partial charge < -0.3 is 4.90 Å². The lowest BCUT2D eigenvalue weighted by Gasteiger charge is -2.20. The van der Waals surface area contributed by atoms with Crippen LogP contribution in [0.3, 0.4) is 0 Å². The van der Waals surface area contributed by atoms with E-state index >= 15 is 0 Å². The van der Waals surface area contributed by atoms with Gasteiger partial charge in [0.25, 0.3) is 0 Å². The Balaban J connectivity index is 2.32. The summed E-state index contributed by atoms with van der Waals surface area (Å²) >= 11 is 3.45. The number of allylic oxidation sites excluding steroid dienone is 1. The van der Waals surface area contributed by atoms with Gasteiger partial charge in [0, 0.05) is 30.2 Å². The highest BCUT2D eigenvalue weighted by atomic mass is 79.9. The van der Waals surface area contributed by atoms with E-state index in [0.717, 1.165) is 29.8 Å². The van der Waals surface area contributed by atoms with Crippen LogP contribution < -0.4 is 4.90 Å². The number of nitrogens with zero attached hydrogens (tertiary/aromatic N) is 2. The molecule has 2 nitrogen and oxygen atoms in total. The summed E-state index contributed by atoms with van der Waals surface area (Å²) in [6.45, 7) is 6.31. The molecule has 1 fully saturated rings. The smallest absolute Gasteiger partial charge is 0.136 e. The molecule has 0 aliphatic carbocycles. The number of hydrogen-bond donors (Lipinski definition) is 0. The van der Waals surface area contributed by atoms with Crippen LogP contribution in [0, 0.1) is 0 Å². The third-order valence-electron chi connectivity index (χ3n) is 2.73. The number of anilines is 1. The second-order valence-corrected chi connectivity index (χ2v) is 4.37. The van der Waals surface area contributed by atoms with Crippen molar-refractivity contribution < 1.29 is 0 Å². The van der Waals surface area contributed by atoms with Crippen molar-refractivity contribution in [2.45, 2.75) is 12.8 Å². The first-order valence-corrected chi connectivity index (χ1v) is 6.39. The van der Waals surface area contributed by atoms with Crippen molar-refractivity contribution >= 4 is 27.3 Å². The Hall–Kier alpha value is -0.830. The summed E-state index contributed by atoms with van der Waals surface area (Å²) in [7, 11) is 0. The van der Waals surface area contributed by atoms with Gasteiger partial charge in [-0.2, -0.15) is 0 Å². The number of rotatable bonds is 3. The third kappa shape index (κ3) is 2.23. The zero-order valence-corrected chi connectivity index (χ0v) is 10.3. The molecule has 15 heavy (non-hydrogen) atoms. The van der Waals surface area contributed by atoms with E-state index in [4.69, 9.17) is 0 Å². The summed E-state index contributed by atoms with van der Waals surface area (Å²) in [5.41, 5.74) is 2.28. The number of aromatic nitrogens is 1. The maximum absolute atomic E-state index is 4.47. The quantitative estimate of drug-likeness (QED) is 0.782. The number of pyridine rings is 1. The lowest BCUT2D eigenvalue weighted by Crippen LogP contribution is -2.20. The molecular weight excluding hydrogens is 252 g/mol. The van der Waals surface area contributed by atoms with E-state index in [1.54, 1.807) is 0 Å². The molecule has 3 heteroatoms. The van der Waals surface area contributed by atoms with Crippen molar-refractivity contribution in [3.05, 3.63) is 30.5 Å². The minimum atomic E-state index is 0.805. The molecule has 2 rings (SSSR count). The highest BCUT2D eigenvalue weighted by Gasteiger charge is 2.17. The van der Waals surface area contributed by atoms with Gasteiger partial charge >= 0.3 is 0 Å². The molecule has 0 saturated carbocycles. The molecule has 0 radical (unpaired) electrons. The molecule has 1 aliphatic rings. The van der Waals surface area contributed by atoms with E-state index in [0.29, 0.717) is 0 Å². The molecule has 80 valence electrons. The van der Waals surface area contributed by atoms with Crippen molar-refractivity contribution in [1.82, 2.24) is 4.98 Å². The van der Waals surface area contributed by atoms with Crippen molar-refractivity contribution in [3.8, 4) is 0 Å². The lowest BCUT2D eigenvalue weighted by molar-refractivity contribution is 0.934. The molecule has 0 bridgehead atoms. The van der Waals surface area contributed by atoms with Gasteiger partial charge in [-0.3, -0.25) is 0 Å². The van der Waals surface area contributed by atoms with Crippen molar-refractivity contribution in [2.75, 3.05) is 23.3 Å².